The Kier molecular flexibility index (Phi) is 23.5. The minimum Gasteiger partial charge on any atom is -1.00 e. The fraction of sp³-hybridized carbons (Fsp3) is 0.375. The van der Waals surface area contributed by atoms with Crippen LogP contribution < -0.4 is 85.6 Å². The highest BCUT2D eigenvalue weighted by Crippen LogP contribution is 1.90. The van der Waals surface area contributed by atoms with Crippen molar-refractivity contribution in [1.29, 1.82) is 0 Å². The van der Waals surface area contributed by atoms with E-state index in [1.165, 1.54) is 17.1 Å². The third-order valence-corrected chi connectivity index (χ3v) is 4.57. The lowest BCUT2D eigenvalue weighted by Crippen LogP contribution is -3.00. The van der Waals surface area contributed by atoms with Gasteiger partial charge in [0.2, 0.25) is 0 Å². The van der Waals surface area contributed by atoms with Gasteiger partial charge in [0, 0.05) is 55.7 Å². The Balaban J connectivity index is -0.000000347. The molecule has 0 N–H and O–H groups in total. The predicted octanol–water partition coefficient (Wildman–Crippen LogP) is -5.77. The van der Waals surface area contributed by atoms with Gasteiger partial charge in [-0.2, -0.15) is 0 Å². The molecular weight excluding hydrogens is 711 g/mol. The molecule has 6 heteroatoms. The second-order valence-electron chi connectivity index (χ2n) is 6.47. The summed E-state index contributed by atoms with van der Waals surface area (Å²) in [4.78, 5) is 0. The first-order chi connectivity index (χ1) is 13.0. The van der Waals surface area contributed by atoms with Crippen molar-refractivity contribution in [3.8, 4) is 0 Å². The molecule has 3 nitrogen and oxygen atoms in total. The van der Waals surface area contributed by atoms with E-state index in [-0.39, 0.29) is 71.9 Å². The molecule has 0 aromatic carbocycles. The molecule has 0 amide bonds. The molecule has 0 atom stereocenters. The standard InChI is InChI=1S/3C8H12N.3HI/c3*1-3-8-6-4-5-7-9(8)2;;;/h3*4-7H,3H2,1-2H3;3*1H/q3*+1;;;/p-3. The smallest absolute Gasteiger partial charge is 0.180 e. The molecule has 0 aliphatic carbocycles. The molecular formula is C24H36I3N3. The van der Waals surface area contributed by atoms with Crippen LogP contribution in [0, 0.1) is 0 Å². The van der Waals surface area contributed by atoms with Crippen LogP contribution in [0.4, 0.5) is 0 Å². The predicted molar refractivity (Wildman–Crippen MR) is 111 cm³/mol. The lowest BCUT2D eigenvalue weighted by molar-refractivity contribution is -0.679. The zero-order valence-corrected chi connectivity index (χ0v) is 25.5. The van der Waals surface area contributed by atoms with Gasteiger partial charge in [0.15, 0.2) is 35.7 Å². The summed E-state index contributed by atoms with van der Waals surface area (Å²) in [6.45, 7) is 6.49. The molecule has 0 saturated carbocycles. The highest BCUT2D eigenvalue weighted by Gasteiger charge is 1.99. The van der Waals surface area contributed by atoms with Gasteiger partial charge in [0.1, 0.15) is 21.1 Å². The van der Waals surface area contributed by atoms with E-state index in [4.69, 9.17) is 0 Å². The summed E-state index contributed by atoms with van der Waals surface area (Å²) in [6.07, 6.45) is 9.53. The lowest BCUT2D eigenvalue weighted by Gasteiger charge is -1.91. The van der Waals surface area contributed by atoms with Crippen LogP contribution >= 0.6 is 0 Å². The zero-order valence-electron chi connectivity index (χ0n) is 19.0. The van der Waals surface area contributed by atoms with Crippen LogP contribution in [0.25, 0.3) is 0 Å². The average Bonchev–Trinajstić information content (AvgIpc) is 2.70. The number of pyridine rings is 3. The molecule has 0 radical (unpaired) electrons. The fourth-order valence-corrected chi connectivity index (χ4v) is 2.78. The van der Waals surface area contributed by atoms with Gasteiger partial charge >= 0.3 is 0 Å². The first-order valence-electron chi connectivity index (χ1n) is 9.84. The van der Waals surface area contributed by atoms with E-state index < -0.39 is 0 Å². The number of hydrogen-bond donors (Lipinski definition) is 0. The highest BCUT2D eigenvalue weighted by atomic mass is 127. The molecule has 0 fully saturated rings. The first-order valence-corrected chi connectivity index (χ1v) is 9.84. The molecule has 3 aromatic heterocycles. The number of aromatic nitrogens is 3. The van der Waals surface area contributed by atoms with E-state index in [1.54, 1.807) is 0 Å². The van der Waals surface area contributed by atoms with Gasteiger partial charge in [0.05, 0.1) is 0 Å². The van der Waals surface area contributed by atoms with Crippen molar-refractivity contribution in [1.82, 2.24) is 0 Å². The SMILES string of the molecule is CCc1cccc[n+]1C.CCc1cccc[n+]1C.CCc1cccc[n+]1C.[I-].[I-].[I-]. The minimum atomic E-state index is 0. The Bertz CT molecular complexity index is 703. The minimum absolute atomic E-state index is 0. The summed E-state index contributed by atoms with van der Waals surface area (Å²) < 4.78 is 6.42. The second kappa shape index (κ2) is 20.5. The van der Waals surface area contributed by atoms with E-state index in [1.807, 2.05) is 18.2 Å². The van der Waals surface area contributed by atoms with Crippen molar-refractivity contribution in [2.45, 2.75) is 40.0 Å². The summed E-state index contributed by atoms with van der Waals surface area (Å²) in [6, 6.07) is 18.7. The van der Waals surface area contributed by atoms with Crippen molar-refractivity contribution in [2.75, 3.05) is 0 Å². The zero-order chi connectivity index (χ0) is 20.1. The first kappa shape index (κ1) is 34.3. The highest BCUT2D eigenvalue weighted by molar-refractivity contribution is 4.97. The van der Waals surface area contributed by atoms with Crippen LogP contribution in [0.1, 0.15) is 37.9 Å². The molecule has 0 bridgehead atoms. The third-order valence-electron chi connectivity index (χ3n) is 4.57. The normalized spacial score (nSPS) is 8.60. The monoisotopic (exact) mass is 747 g/mol. The molecule has 3 heterocycles. The number of nitrogens with zero attached hydrogens (tertiary/aromatic N) is 3. The van der Waals surface area contributed by atoms with Gasteiger partial charge in [-0.1, -0.05) is 39.0 Å². The summed E-state index contributed by atoms with van der Waals surface area (Å²) in [5.74, 6) is 0. The van der Waals surface area contributed by atoms with Gasteiger partial charge in [-0.15, -0.1) is 0 Å². The Hall–Kier alpha value is -0.360. The van der Waals surface area contributed by atoms with E-state index in [9.17, 15) is 0 Å². The van der Waals surface area contributed by atoms with E-state index >= 15 is 0 Å². The Morgan fingerprint density at radius 3 is 0.833 bits per heavy atom. The van der Waals surface area contributed by atoms with Crippen molar-refractivity contribution in [3.63, 3.8) is 0 Å². The van der Waals surface area contributed by atoms with Crippen molar-refractivity contribution in [2.24, 2.45) is 21.1 Å². The van der Waals surface area contributed by atoms with Gasteiger partial charge in [0.25, 0.3) is 0 Å². The fourth-order valence-electron chi connectivity index (χ4n) is 2.78. The summed E-state index contributed by atoms with van der Waals surface area (Å²) in [5.41, 5.74) is 4.12. The Labute approximate surface area is 235 Å². The molecule has 0 unspecified atom stereocenters. The van der Waals surface area contributed by atoms with Crippen molar-refractivity contribution >= 4 is 0 Å². The van der Waals surface area contributed by atoms with Crippen molar-refractivity contribution in [3.05, 3.63) is 90.3 Å². The van der Waals surface area contributed by atoms with Gasteiger partial charge in [-0.25, -0.2) is 13.7 Å². The number of rotatable bonds is 3. The number of halogens is 3. The van der Waals surface area contributed by atoms with Crippen LogP contribution in [-0.2, 0) is 40.4 Å². The number of hydrogen-bond acceptors (Lipinski definition) is 0. The summed E-state index contributed by atoms with van der Waals surface area (Å²) in [5, 5.41) is 0. The molecule has 0 aliphatic heterocycles. The largest absolute Gasteiger partial charge is 1.00 e. The Morgan fingerprint density at radius 2 is 0.700 bits per heavy atom. The second-order valence-corrected chi connectivity index (χ2v) is 6.47. The van der Waals surface area contributed by atoms with Crippen LogP contribution in [0.15, 0.2) is 73.2 Å². The quantitative estimate of drug-likeness (QED) is 0.187. The molecule has 3 rings (SSSR count). The van der Waals surface area contributed by atoms with E-state index in [2.05, 4.69) is 111 Å². The average molecular weight is 747 g/mol. The molecule has 30 heavy (non-hydrogen) atoms. The van der Waals surface area contributed by atoms with Crippen LogP contribution in [0.5, 0.6) is 0 Å². The molecule has 0 saturated heterocycles. The maximum Gasteiger partial charge on any atom is 0.180 e. The van der Waals surface area contributed by atoms with Crippen molar-refractivity contribution < 1.29 is 85.6 Å². The lowest BCUT2D eigenvalue weighted by atomic mass is 10.3. The maximum absolute atomic E-state index is 2.16. The molecule has 3 aromatic rings. The van der Waals surface area contributed by atoms with Gasteiger partial charge in [-0.3, -0.25) is 0 Å². The molecule has 168 valence electrons. The maximum atomic E-state index is 2.16. The Morgan fingerprint density at radius 1 is 0.467 bits per heavy atom. The topological polar surface area (TPSA) is 11.6 Å². The van der Waals surface area contributed by atoms with Crippen LogP contribution in [0.2, 0.25) is 0 Å². The van der Waals surface area contributed by atoms with E-state index in [0.717, 1.165) is 19.3 Å². The third kappa shape index (κ3) is 13.1. The van der Waals surface area contributed by atoms with Gasteiger partial charge in [-0.05, 0) is 0 Å². The molecule has 0 aliphatic rings. The van der Waals surface area contributed by atoms with Gasteiger partial charge < -0.3 is 71.9 Å². The van der Waals surface area contributed by atoms with Crippen LogP contribution in [-0.4, -0.2) is 0 Å². The summed E-state index contributed by atoms with van der Waals surface area (Å²) in [7, 11) is 6.20. The number of aryl methyl sites for hydroxylation is 6. The molecule has 0 spiro atoms. The van der Waals surface area contributed by atoms with Crippen LogP contribution in [0.3, 0.4) is 0 Å². The van der Waals surface area contributed by atoms with E-state index in [0.29, 0.717) is 0 Å². The summed E-state index contributed by atoms with van der Waals surface area (Å²) >= 11 is 0.